The molecule has 4 aromatic rings. The number of rotatable bonds is 5. The van der Waals surface area contributed by atoms with Gasteiger partial charge in [-0.25, -0.2) is 4.39 Å². The van der Waals surface area contributed by atoms with Crippen LogP contribution in [0.2, 0.25) is 0 Å². The summed E-state index contributed by atoms with van der Waals surface area (Å²) in [5.41, 5.74) is 3.38. The number of furan rings is 1. The fourth-order valence-corrected chi connectivity index (χ4v) is 4.17. The van der Waals surface area contributed by atoms with Crippen molar-refractivity contribution < 1.29 is 13.5 Å². The van der Waals surface area contributed by atoms with Crippen molar-refractivity contribution in [3.05, 3.63) is 78.2 Å². The lowest BCUT2D eigenvalue weighted by Gasteiger charge is -2.36. The highest BCUT2D eigenvalue weighted by Gasteiger charge is 2.20. The average molecular weight is 417 g/mol. The molecule has 0 N–H and O–H groups in total. The van der Waals surface area contributed by atoms with Crippen LogP contribution in [0.5, 0.6) is 5.75 Å². The summed E-state index contributed by atoms with van der Waals surface area (Å²) in [5.74, 6) is 1.29. The van der Waals surface area contributed by atoms with Crippen LogP contribution in [-0.4, -0.2) is 43.2 Å². The summed E-state index contributed by atoms with van der Waals surface area (Å²) in [6.07, 6.45) is 1.76. The lowest BCUT2D eigenvalue weighted by atomic mass is 10.1. The molecule has 0 atom stereocenters. The number of benzene rings is 2. The molecule has 1 fully saturated rings. The fourth-order valence-electron chi connectivity index (χ4n) is 4.17. The second kappa shape index (κ2) is 8.40. The number of aromatic nitrogens is 1. The molecule has 0 bridgehead atoms. The summed E-state index contributed by atoms with van der Waals surface area (Å²) in [6.45, 7) is 4.16. The number of anilines is 1. The van der Waals surface area contributed by atoms with Gasteiger partial charge in [0.2, 0.25) is 0 Å². The van der Waals surface area contributed by atoms with Crippen molar-refractivity contribution in [2.45, 2.75) is 6.54 Å². The molecule has 0 spiro atoms. The Morgan fingerprint density at radius 3 is 2.55 bits per heavy atom. The van der Waals surface area contributed by atoms with Crippen molar-refractivity contribution >= 4 is 16.7 Å². The lowest BCUT2D eigenvalue weighted by Crippen LogP contribution is -2.46. The number of fused-ring (bicyclic) bond motifs is 1. The molecule has 2 aromatic carbocycles. The molecule has 3 heterocycles. The number of piperazine rings is 1. The van der Waals surface area contributed by atoms with Crippen LogP contribution in [0.4, 0.5) is 10.1 Å². The van der Waals surface area contributed by atoms with E-state index in [2.05, 4.69) is 20.9 Å². The van der Waals surface area contributed by atoms with Crippen LogP contribution >= 0.6 is 0 Å². The first kappa shape index (κ1) is 19.6. The van der Waals surface area contributed by atoms with E-state index >= 15 is 0 Å². The van der Waals surface area contributed by atoms with Crippen molar-refractivity contribution in [3.8, 4) is 17.2 Å². The molecule has 31 heavy (non-hydrogen) atoms. The van der Waals surface area contributed by atoms with Gasteiger partial charge in [0.05, 0.1) is 12.8 Å². The Morgan fingerprint density at radius 1 is 1.00 bits per heavy atom. The second-order valence-electron chi connectivity index (χ2n) is 7.76. The molecule has 0 unspecified atom stereocenters. The predicted molar refractivity (Wildman–Crippen MR) is 120 cm³/mol. The quantitative estimate of drug-likeness (QED) is 0.459. The molecule has 2 aromatic heterocycles. The van der Waals surface area contributed by atoms with Gasteiger partial charge in [0.1, 0.15) is 11.5 Å². The topological polar surface area (TPSA) is 41.7 Å². The maximum Gasteiger partial charge on any atom is 0.176 e. The molecule has 1 aliphatic heterocycles. The molecule has 0 radical (unpaired) electrons. The minimum Gasteiger partial charge on any atom is -0.493 e. The Labute approximate surface area is 180 Å². The Kier molecular flexibility index (Phi) is 5.30. The van der Waals surface area contributed by atoms with Gasteiger partial charge in [-0.1, -0.05) is 18.2 Å². The Balaban J connectivity index is 1.33. The third-order valence-corrected chi connectivity index (χ3v) is 5.75. The van der Waals surface area contributed by atoms with Crippen LogP contribution in [0.25, 0.3) is 22.4 Å². The molecule has 5 rings (SSSR count). The van der Waals surface area contributed by atoms with Crippen molar-refractivity contribution in [2.24, 2.45) is 0 Å². The third-order valence-electron chi connectivity index (χ3n) is 5.75. The monoisotopic (exact) mass is 417 g/mol. The van der Waals surface area contributed by atoms with Crippen molar-refractivity contribution in [1.82, 2.24) is 9.88 Å². The zero-order chi connectivity index (χ0) is 21.2. The van der Waals surface area contributed by atoms with Crippen molar-refractivity contribution in [3.63, 3.8) is 0 Å². The molecule has 6 heteroatoms. The second-order valence-corrected chi connectivity index (χ2v) is 7.76. The molecule has 0 aliphatic carbocycles. The highest BCUT2D eigenvalue weighted by molar-refractivity contribution is 5.87. The largest absolute Gasteiger partial charge is 0.493 e. The first-order valence-corrected chi connectivity index (χ1v) is 10.4. The number of ether oxygens (including phenoxy) is 1. The van der Waals surface area contributed by atoms with E-state index in [0.29, 0.717) is 5.69 Å². The zero-order valence-electron chi connectivity index (χ0n) is 17.4. The van der Waals surface area contributed by atoms with E-state index in [1.165, 1.54) is 6.07 Å². The molecule has 1 saturated heterocycles. The van der Waals surface area contributed by atoms with Gasteiger partial charge in [-0.15, -0.1) is 0 Å². The lowest BCUT2D eigenvalue weighted by molar-refractivity contribution is 0.249. The minimum absolute atomic E-state index is 0.158. The number of hydrogen-bond donors (Lipinski definition) is 0. The van der Waals surface area contributed by atoms with E-state index in [9.17, 15) is 4.39 Å². The molecular weight excluding hydrogens is 393 g/mol. The number of nitrogens with zero attached hydrogens (tertiary/aromatic N) is 3. The summed E-state index contributed by atoms with van der Waals surface area (Å²) in [4.78, 5) is 8.88. The van der Waals surface area contributed by atoms with E-state index in [1.54, 1.807) is 19.4 Å². The summed E-state index contributed by atoms with van der Waals surface area (Å²) in [5, 5.41) is 1.000. The number of pyridine rings is 1. The van der Waals surface area contributed by atoms with Crippen LogP contribution in [0, 0.1) is 5.82 Å². The van der Waals surface area contributed by atoms with E-state index in [0.717, 1.165) is 66.5 Å². The molecule has 0 saturated carbocycles. The molecule has 0 amide bonds. The number of hydrogen-bond acceptors (Lipinski definition) is 5. The SMILES string of the molecule is COc1cc(CN2CCN(c3ccccc3F)CC2)cc2cc(-c3ccccn3)oc12. The van der Waals surface area contributed by atoms with Crippen LogP contribution in [-0.2, 0) is 6.54 Å². The minimum atomic E-state index is -0.158. The average Bonchev–Trinajstić information content (AvgIpc) is 3.24. The molecular formula is C25H24FN3O2. The van der Waals surface area contributed by atoms with Crippen LogP contribution in [0.3, 0.4) is 0 Å². The molecule has 158 valence electrons. The zero-order valence-corrected chi connectivity index (χ0v) is 17.4. The molecule has 1 aliphatic rings. The highest BCUT2D eigenvalue weighted by Crippen LogP contribution is 2.34. The number of para-hydroxylation sites is 1. The standard InChI is InChI=1S/C25H24FN3O2/c1-30-24-15-18(14-19-16-23(31-25(19)24)21-7-4-5-9-27-21)17-28-10-12-29(13-11-28)22-8-3-2-6-20(22)26/h2-9,14-16H,10-13,17H2,1H3. The Morgan fingerprint density at radius 2 is 1.81 bits per heavy atom. The van der Waals surface area contributed by atoms with E-state index in [1.807, 2.05) is 42.5 Å². The summed E-state index contributed by atoms with van der Waals surface area (Å²) in [7, 11) is 1.66. The van der Waals surface area contributed by atoms with Crippen LogP contribution < -0.4 is 9.64 Å². The van der Waals surface area contributed by atoms with Crippen LogP contribution in [0.1, 0.15) is 5.56 Å². The summed E-state index contributed by atoms with van der Waals surface area (Å²) >= 11 is 0. The van der Waals surface area contributed by atoms with Gasteiger partial charge in [-0.2, -0.15) is 0 Å². The Hall–Kier alpha value is -3.38. The summed E-state index contributed by atoms with van der Waals surface area (Å²) < 4.78 is 25.8. The van der Waals surface area contributed by atoms with Gasteiger partial charge in [0.15, 0.2) is 17.1 Å². The number of halogens is 1. The third kappa shape index (κ3) is 3.99. The molecule has 5 nitrogen and oxygen atoms in total. The van der Waals surface area contributed by atoms with E-state index in [4.69, 9.17) is 9.15 Å². The van der Waals surface area contributed by atoms with E-state index < -0.39 is 0 Å². The van der Waals surface area contributed by atoms with Gasteiger partial charge in [0, 0.05) is 44.3 Å². The maximum absolute atomic E-state index is 14.1. The van der Waals surface area contributed by atoms with E-state index in [-0.39, 0.29) is 5.82 Å². The van der Waals surface area contributed by atoms with Gasteiger partial charge in [-0.3, -0.25) is 9.88 Å². The maximum atomic E-state index is 14.1. The van der Waals surface area contributed by atoms with Crippen molar-refractivity contribution in [2.75, 3.05) is 38.2 Å². The highest BCUT2D eigenvalue weighted by atomic mass is 19.1. The van der Waals surface area contributed by atoms with Gasteiger partial charge < -0.3 is 14.1 Å². The van der Waals surface area contributed by atoms with Gasteiger partial charge >= 0.3 is 0 Å². The van der Waals surface area contributed by atoms with Gasteiger partial charge in [-0.05, 0) is 48.0 Å². The number of methoxy groups -OCH3 is 1. The van der Waals surface area contributed by atoms with Crippen LogP contribution in [0.15, 0.2) is 71.3 Å². The fraction of sp³-hybridized carbons (Fsp3) is 0.240. The summed E-state index contributed by atoms with van der Waals surface area (Å²) in [6, 6.07) is 18.9. The smallest absolute Gasteiger partial charge is 0.176 e. The van der Waals surface area contributed by atoms with Gasteiger partial charge in [0.25, 0.3) is 0 Å². The first-order chi connectivity index (χ1) is 15.2. The predicted octanol–water partition coefficient (Wildman–Crippen LogP) is 4.96. The van der Waals surface area contributed by atoms with Crippen molar-refractivity contribution in [1.29, 1.82) is 0 Å². The first-order valence-electron chi connectivity index (χ1n) is 10.4. The normalized spacial score (nSPS) is 14.8. The Bertz CT molecular complexity index is 1180.